The van der Waals surface area contributed by atoms with E-state index in [2.05, 4.69) is 15.5 Å². The Morgan fingerprint density at radius 3 is 2.80 bits per heavy atom. The van der Waals surface area contributed by atoms with Gasteiger partial charge in [0, 0.05) is 6.07 Å². The Hall–Kier alpha value is -2.18. The predicted octanol–water partition coefficient (Wildman–Crippen LogP) is 1.74. The number of aromatic nitrogens is 4. The highest BCUT2D eigenvalue weighted by Gasteiger charge is 2.19. The van der Waals surface area contributed by atoms with Crippen molar-refractivity contribution in [2.45, 2.75) is 34.2 Å². The molecular weight excluding hydrogens is 260 g/mol. The maximum absolute atomic E-state index is 11.9. The number of rotatable bonds is 5. The Morgan fingerprint density at radius 1 is 1.45 bits per heavy atom. The average Bonchev–Trinajstić information content (AvgIpc) is 2.95. The van der Waals surface area contributed by atoms with E-state index in [1.807, 2.05) is 26.8 Å². The van der Waals surface area contributed by atoms with Crippen molar-refractivity contribution in [3.8, 4) is 0 Å². The topological polar surface area (TPSA) is 83.0 Å². The van der Waals surface area contributed by atoms with Gasteiger partial charge >= 0.3 is 5.97 Å². The fourth-order valence-electron chi connectivity index (χ4n) is 1.65. The van der Waals surface area contributed by atoms with Crippen LogP contribution in [0.3, 0.4) is 0 Å². The van der Waals surface area contributed by atoms with E-state index in [0.29, 0.717) is 24.6 Å². The molecule has 2 aromatic rings. The van der Waals surface area contributed by atoms with Crippen LogP contribution in [0.4, 0.5) is 0 Å². The van der Waals surface area contributed by atoms with Crippen molar-refractivity contribution in [3.05, 3.63) is 28.9 Å². The molecule has 20 heavy (non-hydrogen) atoms. The van der Waals surface area contributed by atoms with E-state index >= 15 is 0 Å². The molecule has 108 valence electrons. The maximum atomic E-state index is 11.9. The fourth-order valence-corrected chi connectivity index (χ4v) is 1.65. The molecule has 0 saturated carbocycles. The molecule has 2 aromatic heterocycles. The number of ether oxygens (including phenoxy) is 1. The van der Waals surface area contributed by atoms with Crippen LogP contribution in [0.15, 0.2) is 10.6 Å². The molecule has 0 atom stereocenters. The Morgan fingerprint density at radius 2 is 2.20 bits per heavy atom. The van der Waals surface area contributed by atoms with E-state index < -0.39 is 5.97 Å². The molecule has 0 N–H and O–H groups in total. The van der Waals surface area contributed by atoms with Crippen molar-refractivity contribution in [1.29, 1.82) is 0 Å². The van der Waals surface area contributed by atoms with Crippen LogP contribution in [-0.2, 0) is 11.3 Å². The van der Waals surface area contributed by atoms with E-state index in [-0.39, 0.29) is 11.6 Å². The van der Waals surface area contributed by atoms with E-state index in [9.17, 15) is 4.79 Å². The molecule has 0 amide bonds. The highest BCUT2D eigenvalue weighted by atomic mass is 16.5. The molecule has 0 saturated heterocycles. The minimum atomic E-state index is -0.448. The lowest BCUT2D eigenvalue weighted by molar-refractivity contribution is 0.0451. The number of carbonyl (C=O) groups excluding carboxylic acids is 1. The number of hydrogen-bond acceptors (Lipinski definition) is 6. The Labute approximate surface area is 116 Å². The lowest BCUT2D eigenvalue weighted by Crippen LogP contribution is -2.12. The minimum Gasteiger partial charge on any atom is -0.461 e. The first-order valence-electron chi connectivity index (χ1n) is 6.46. The zero-order chi connectivity index (χ0) is 14.7. The molecule has 0 aliphatic rings. The van der Waals surface area contributed by atoms with Crippen LogP contribution in [0, 0.1) is 19.8 Å². The molecule has 0 bridgehead atoms. The minimum absolute atomic E-state index is 0.238. The number of nitrogens with zero attached hydrogens (tertiary/aromatic N) is 4. The van der Waals surface area contributed by atoms with Gasteiger partial charge in [0.1, 0.15) is 6.54 Å². The lowest BCUT2D eigenvalue weighted by Gasteiger charge is -2.05. The standard InChI is InChI=1S/C13H18N4O3/c1-8(2)7-19-13(18)12-10(4)17(16-14-12)6-11-5-9(3)15-20-11/h5,8H,6-7H2,1-4H3. The van der Waals surface area contributed by atoms with E-state index in [4.69, 9.17) is 9.26 Å². The molecule has 7 nitrogen and oxygen atoms in total. The summed E-state index contributed by atoms with van der Waals surface area (Å²) in [4.78, 5) is 11.9. The first-order chi connectivity index (χ1) is 9.47. The summed E-state index contributed by atoms with van der Waals surface area (Å²) in [7, 11) is 0. The van der Waals surface area contributed by atoms with Gasteiger partial charge in [-0.2, -0.15) is 0 Å². The Bertz CT molecular complexity index is 601. The van der Waals surface area contributed by atoms with Crippen LogP contribution >= 0.6 is 0 Å². The van der Waals surface area contributed by atoms with E-state index in [0.717, 1.165) is 5.69 Å². The second-order valence-corrected chi connectivity index (χ2v) is 5.11. The smallest absolute Gasteiger partial charge is 0.360 e. The number of esters is 1. The largest absolute Gasteiger partial charge is 0.461 e. The summed E-state index contributed by atoms with van der Waals surface area (Å²) in [6.45, 7) is 8.32. The van der Waals surface area contributed by atoms with Gasteiger partial charge in [0.25, 0.3) is 0 Å². The zero-order valence-electron chi connectivity index (χ0n) is 12.1. The van der Waals surface area contributed by atoms with Gasteiger partial charge in [0.2, 0.25) is 0 Å². The summed E-state index contributed by atoms with van der Waals surface area (Å²) < 4.78 is 11.9. The molecular formula is C13H18N4O3. The fraction of sp³-hybridized carbons (Fsp3) is 0.538. The van der Waals surface area contributed by atoms with Crippen LogP contribution in [0.5, 0.6) is 0 Å². The van der Waals surface area contributed by atoms with Gasteiger partial charge in [0.15, 0.2) is 11.5 Å². The monoisotopic (exact) mass is 278 g/mol. The zero-order valence-corrected chi connectivity index (χ0v) is 12.1. The van der Waals surface area contributed by atoms with Crippen molar-refractivity contribution >= 4 is 5.97 Å². The van der Waals surface area contributed by atoms with Gasteiger partial charge in [-0.15, -0.1) is 5.10 Å². The second kappa shape index (κ2) is 5.85. The van der Waals surface area contributed by atoms with Crippen molar-refractivity contribution < 1.29 is 14.1 Å². The first-order valence-corrected chi connectivity index (χ1v) is 6.46. The van der Waals surface area contributed by atoms with Gasteiger partial charge in [-0.1, -0.05) is 24.2 Å². The molecule has 2 heterocycles. The molecule has 0 fully saturated rings. The molecule has 7 heteroatoms. The van der Waals surface area contributed by atoms with E-state index in [1.165, 1.54) is 0 Å². The summed E-state index contributed by atoms with van der Waals surface area (Å²) >= 11 is 0. The van der Waals surface area contributed by atoms with Gasteiger partial charge in [-0.3, -0.25) is 0 Å². The maximum Gasteiger partial charge on any atom is 0.360 e. The van der Waals surface area contributed by atoms with Gasteiger partial charge in [-0.05, 0) is 19.8 Å². The SMILES string of the molecule is Cc1cc(Cn2nnc(C(=O)OCC(C)C)c2C)on1. The quantitative estimate of drug-likeness (QED) is 0.775. The number of carbonyl (C=O) groups is 1. The third-order valence-electron chi connectivity index (χ3n) is 2.71. The van der Waals surface area contributed by atoms with Crippen molar-refractivity contribution in [3.63, 3.8) is 0 Å². The molecule has 0 aliphatic heterocycles. The molecule has 0 radical (unpaired) electrons. The Balaban J connectivity index is 2.08. The van der Waals surface area contributed by atoms with Crippen molar-refractivity contribution in [1.82, 2.24) is 20.2 Å². The average molecular weight is 278 g/mol. The number of hydrogen-bond donors (Lipinski definition) is 0. The first kappa shape index (κ1) is 14.2. The van der Waals surface area contributed by atoms with Crippen LogP contribution in [0.25, 0.3) is 0 Å². The lowest BCUT2D eigenvalue weighted by atomic mass is 10.2. The highest BCUT2D eigenvalue weighted by Crippen LogP contribution is 2.10. The third-order valence-corrected chi connectivity index (χ3v) is 2.71. The summed E-state index contributed by atoms with van der Waals surface area (Å²) in [5.74, 6) is 0.500. The van der Waals surface area contributed by atoms with Crippen molar-refractivity contribution in [2.24, 2.45) is 5.92 Å². The molecule has 2 rings (SSSR count). The van der Waals surface area contributed by atoms with Crippen LogP contribution < -0.4 is 0 Å². The van der Waals surface area contributed by atoms with Crippen molar-refractivity contribution in [2.75, 3.05) is 6.61 Å². The highest BCUT2D eigenvalue weighted by molar-refractivity contribution is 5.88. The van der Waals surface area contributed by atoms with Crippen LogP contribution in [0.1, 0.15) is 41.5 Å². The molecule has 0 aliphatic carbocycles. The molecule has 0 unspecified atom stereocenters. The summed E-state index contributed by atoms with van der Waals surface area (Å²) in [5.41, 5.74) is 1.68. The van der Waals surface area contributed by atoms with Crippen LogP contribution in [0.2, 0.25) is 0 Å². The van der Waals surface area contributed by atoms with Crippen LogP contribution in [-0.4, -0.2) is 32.7 Å². The van der Waals surface area contributed by atoms with Gasteiger partial charge in [-0.25, -0.2) is 9.48 Å². The second-order valence-electron chi connectivity index (χ2n) is 5.11. The Kier molecular flexibility index (Phi) is 4.16. The summed E-state index contributed by atoms with van der Waals surface area (Å²) in [6.07, 6.45) is 0. The predicted molar refractivity (Wildman–Crippen MR) is 70.2 cm³/mol. The summed E-state index contributed by atoms with van der Waals surface area (Å²) in [5, 5.41) is 11.6. The summed E-state index contributed by atoms with van der Waals surface area (Å²) in [6, 6.07) is 1.82. The molecule has 0 spiro atoms. The molecule has 0 aromatic carbocycles. The van der Waals surface area contributed by atoms with Gasteiger partial charge < -0.3 is 9.26 Å². The normalized spacial score (nSPS) is 11.1. The van der Waals surface area contributed by atoms with E-state index in [1.54, 1.807) is 11.6 Å². The van der Waals surface area contributed by atoms with Gasteiger partial charge in [0.05, 0.1) is 18.0 Å². The number of aryl methyl sites for hydroxylation is 1. The third kappa shape index (κ3) is 3.23.